The van der Waals surface area contributed by atoms with Gasteiger partial charge in [0, 0.05) is 31.2 Å². The number of nitrogens with one attached hydrogen (secondary N) is 1. The number of likely N-dealkylation sites (N-methyl/N-ethyl adjacent to an activating group) is 1. The van der Waals surface area contributed by atoms with E-state index in [1.807, 2.05) is 50.2 Å². The lowest BCUT2D eigenvalue weighted by Crippen LogP contribution is -2.35. The number of carbonyl (C=O) groups excluding carboxylic acids is 2. The maximum absolute atomic E-state index is 13.7. The number of pyridine rings is 2. The number of imidazole rings is 1. The predicted molar refractivity (Wildman–Crippen MR) is 157 cm³/mol. The van der Waals surface area contributed by atoms with Crippen molar-refractivity contribution < 1.29 is 9.59 Å². The number of amides is 2. The highest BCUT2D eigenvalue weighted by Gasteiger charge is 2.51. The van der Waals surface area contributed by atoms with Crippen LogP contribution in [-0.4, -0.2) is 49.9 Å². The normalized spacial score (nSPS) is 17.3. The summed E-state index contributed by atoms with van der Waals surface area (Å²) < 4.78 is 3.28. The Morgan fingerprint density at radius 3 is 2.59 bits per heavy atom. The minimum absolute atomic E-state index is 0.00537. The third kappa shape index (κ3) is 3.79. The van der Waals surface area contributed by atoms with Crippen LogP contribution >= 0.6 is 0 Å². The van der Waals surface area contributed by atoms with Gasteiger partial charge in [-0.25, -0.2) is 9.78 Å². The fourth-order valence-corrected chi connectivity index (χ4v) is 6.60. The molecule has 0 radical (unpaired) electrons. The zero-order valence-corrected chi connectivity index (χ0v) is 23.5. The molecule has 5 aromatic rings. The van der Waals surface area contributed by atoms with Crippen molar-refractivity contribution in [2.24, 2.45) is 0 Å². The van der Waals surface area contributed by atoms with Crippen LogP contribution in [0.4, 0.5) is 5.82 Å². The Hall–Kier alpha value is -4.79. The number of nitrogens with zero attached hydrogens (tertiary/aromatic N) is 5. The second kappa shape index (κ2) is 8.86. The van der Waals surface area contributed by atoms with Crippen LogP contribution in [0.3, 0.4) is 0 Å². The second-order valence-corrected chi connectivity index (χ2v) is 11.6. The molecule has 1 unspecified atom stereocenters. The lowest BCUT2D eigenvalue weighted by molar-refractivity contribution is -0.129. The maximum Gasteiger partial charge on any atom is 0.329 e. The summed E-state index contributed by atoms with van der Waals surface area (Å²) >= 11 is 0. The van der Waals surface area contributed by atoms with E-state index in [-0.39, 0.29) is 30.6 Å². The molecule has 2 amide bonds. The number of hydrogen-bond acceptors (Lipinski definition) is 5. The van der Waals surface area contributed by atoms with Crippen LogP contribution in [0.2, 0.25) is 0 Å². The Bertz CT molecular complexity index is 2000. The zero-order chi connectivity index (χ0) is 28.6. The second-order valence-electron chi connectivity index (χ2n) is 11.6. The molecule has 0 bridgehead atoms. The Balaban J connectivity index is 1.28. The molecule has 1 N–H and O–H groups in total. The summed E-state index contributed by atoms with van der Waals surface area (Å²) in [5, 5.41) is 3.96. The molecule has 1 aliphatic heterocycles. The van der Waals surface area contributed by atoms with Crippen LogP contribution in [0.1, 0.15) is 33.5 Å². The molecular weight excluding hydrogens is 516 g/mol. The highest BCUT2D eigenvalue weighted by Crippen LogP contribution is 2.47. The van der Waals surface area contributed by atoms with Gasteiger partial charge in [-0.1, -0.05) is 18.2 Å². The molecule has 0 fully saturated rings. The third-order valence-electron chi connectivity index (χ3n) is 8.60. The van der Waals surface area contributed by atoms with E-state index in [9.17, 15) is 14.4 Å². The molecular formula is C32H30N6O3. The van der Waals surface area contributed by atoms with Gasteiger partial charge in [0.15, 0.2) is 0 Å². The number of aromatic nitrogens is 4. The summed E-state index contributed by atoms with van der Waals surface area (Å²) in [7, 11) is 3.38. The SMILES string of the molecule is Cc1cc(C)c2c(c1)n(Cc1ccc3cc4c(cc3n1)CC1(C4)C(=O)Nc3ncccc31)c(=O)n2CC(=O)N(C)C. The standard InChI is InChI=1S/C32H30N6O3/c1-18-10-19(2)28-26(11-18)37(31(41)38(28)17-27(39)36(3)4)16-23-8-7-20-12-21-14-32(15-22(21)13-25(20)34-23)24-6-5-9-33-29(24)35-30(32)40/h5-13H,14-17H2,1-4H3,(H,33,35,40). The minimum atomic E-state index is -0.638. The van der Waals surface area contributed by atoms with E-state index in [0.29, 0.717) is 18.7 Å². The average Bonchev–Trinajstić information content (AvgIpc) is 3.53. The van der Waals surface area contributed by atoms with Crippen molar-refractivity contribution in [2.75, 3.05) is 19.4 Å². The van der Waals surface area contributed by atoms with E-state index in [1.54, 1.807) is 29.4 Å². The Morgan fingerprint density at radius 1 is 1.02 bits per heavy atom. The molecule has 4 heterocycles. The van der Waals surface area contributed by atoms with Gasteiger partial charge in [0.25, 0.3) is 0 Å². The summed E-state index contributed by atoms with van der Waals surface area (Å²) in [6.07, 6.45) is 2.93. The number of anilines is 1. The molecule has 3 aromatic heterocycles. The molecule has 7 rings (SSSR count). The lowest BCUT2D eigenvalue weighted by Gasteiger charge is -2.20. The van der Waals surface area contributed by atoms with Gasteiger partial charge in [-0.2, -0.15) is 0 Å². The molecule has 41 heavy (non-hydrogen) atoms. The largest absolute Gasteiger partial charge is 0.347 e. The molecule has 2 aliphatic rings. The van der Waals surface area contributed by atoms with E-state index in [4.69, 9.17) is 4.98 Å². The summed E-state index contributed by atoms with van der Waals surface area (Å²) in [4.78, 5) is 50.3. The van der Waals surface area contributed by atoms with Gasteiger partial charge in [0.05, 0.1) is 34.2 Å². The Morgan fingerprint density at radius 2 is 1.80 bits per heavy atom. The number of benzene rings is 2. The number of hydrogen-bond donors (Lipinski definition) is 1. The van der Waals surface area contributed by atoms with Crippen molar-refractivity contribution >= 4 is 39.6 Å². The van der Waals surface area contributed by atoms with Gasteiger partial charge in [0.2, 0.25) is 11.8 Å². The molecule has 0 saturated heterocycles. The fourth-order valence-electron chi connectivity index (χ4n) is 6.60. The van der Waals surface area contributed by atoms with Crippen molar-refractivity contribution in [1.29, 1.82) is 0 Å². The highest BCUT2D eigenvalue weighted by atomic mass is 16.2. The topological polar surface area (TPSA) is 102 Å². The maximum atomic E-state index is 13.7. The molecule has 1 aliphatic carbocycles. The van der Waals surface area contributed by atoms with Crippen molar-refractivity contribution in [2.45, 2.75) is 45.2 Å². The third-order valence-corrected chi connectivity index (χ3v) is 8.60. The Labute approximate surface area is 236 Å². The van der Waals surface area contributed by atoms with Crippen LogP contribution in [0, 0.1) is 13.8 Å². The molecule has 1 atom stereocenters. The summed E-state index contributed by atoms with van der Waals surface area (Å²) in [6.45, 7) is 4.23. The van der Waals surface area contributed by atoms with Gasteiger partial charge in [-0.15, -0.1) is 0 Å². The number of carbonyl (C=O) groups is 2. The predicted octanol–water partition coefficient (Wildman–Crippen LogP) is 3.49. The van der Waals surface area contributed by atoms with Crippen LogP contribution in [-0.2, 0) is 40.9 Å². The monoisotopic (exact) mass is 546 g/mol. The zero-order valence-electron chi connectivity index (χ0n) is 23.5. The first kappa shape index (κ1) is 25.2. The van der Waals surface area contributed by atoms with Crippen molar-refractivity contribution in [3.63, 3.8) is 0 Å². The smallest absolute Gasteiger partial charge is 0.329 e. The van der Waals surface area contributed by atoms with E-state index < -0.39 is 5.41 Å². The summed E-state index contributed by atoms with van der Waals surface area (Å²) in [5.74, 6) is 0.503. The van der Waals surface area contributed by atoms with Crippen LogP contribution < -0.4 is 11.0 Å². The van der Waals surface area contributed by atoms with Gasteiger partial charge < -0.3 is 10.2 Å². The quantitative estimate of drug-likeness (QED) is 0.372. The first-order valence-corrected chi connectivity index (χ1v) is 13.7. The highest BCUT2D eigenvalue weighted by molar-refractivity contribution is 6.06. The first-order chi connectivity index (χ1) is 19.6. The van der Waals surface area contributed by atoms with E-state index in [0.717, 1.165) is 55.4 Å². The lowest BCUT2D eigenvalue weighted by atomic mass is 9.79. The van der Waals surface area contributed by atoms with E-state index in [2.05, 4.69) is 22.4 Å². The van der Waals surface area contributed by atoms with Gasteiger partial charge >= 0.3 is 5.69 Å². The van der Waals surface area contributed by atoms with Gasteiger partial charge in [-0.3, -0.25) is 23.7 Å². The summed E-state index contributed by atoms with van der Waals surface area (Å²) in [6, 6.07) is 16.1. The van der Waals surface area contributed by atoms with Crippen molar-refractivity contribution in [3.05, 3.63) is 98.7 Å². The van der Waals surface area contributed by atoms with E-state index >= 15 is 0 Å². The minimum Gasteiger partial charge on any atom is -0.347 e. The Kier molecular flexibility index (Phi) is 5.44. The van der Waals surface area contributed by atoms with Crippen molar-refractivity contribution in [3.8, 4) is 0 Å². The fraction of sp³-hybridized carbons (Fsp3) is 0.281. The molecule has 9 heteroatoms. The van der Waals surface area contributed by atoms with E-state index in [1.165, 1.54) is 4.90 Å². The molecule has 2 aromatic carbocycles. The number of aryl methyl sites for hydroxylation is 2. The van der Waals surface area contributed by atoms with Crippen LogP contribution in [0.5, 0.6) is 0 Å². The molecule has 0 saturated carbocycles. The van der Waals surface area contributed by atoms with Crippen LogP contribution in [0.15, 0.2) is 59.5 Å². The van der Waals surface area contributed by atoms with Crippen LogP contribution in [0.25, 0.3) is 21.9 Å². The molecule has 206 valence electrons. The van der Waals surface area contributed by atoms with Gasteiger partial charge in [-0.05, 0) is 79.3 Å². The molecule has 1 spiro atoms. The number of rotatable bonds is 4. The molecule has 9 nitrogen and oxygen atoms in total. The first-order valence-electron chi connectivity index (χ1n) is 13.7. The summed E-state index contributed by atoms with van der Waals surface area (Å²) in [5.41, 5.74) is 7.46. The van der Waals surface area contributed by atoms with Gasteiger partial charge in [0.1, 0.15) is 12.4 Å². The average molecular weight is 547 g/mol. The van der Waals surface area contributed by atoms with Crippen molar-refractivity contribution in [1.82, 2.24) is 24.0 Å². The number of fused-ring (bicyclic) bond motifs is 5.